The van der Waals surface area contributed by atoms with Crippen LogP contribution in [0.25, 0.3) is 22.3 Å². The molecule has 0 radical (unpaired) electrons. The number of thiazole rings is 1. The molecule has 61 heavy (non-hydrogen) atoms. The number of nitrogens with zero attached hydrogens (tertiary/aromatic N) is 4. The quantitative estimate of drug-likeness (QED) is 0.167. The third-order valence-electron chi connectivity index (χ3n) is 10.9. The predicted molar refractivity (Wildman–Crippen MR) is 231 cm³/mol. The van der Waals surface area contributed by atoms with Crippen molar-refractivity contribution >= 4 is 63.0 Å². The van der Waals surface area contributed by atoms with Gasteiger partial charge in [0.25, 0.3) is 0 Å². The largest absolute Gasteiger partial charge is 0.490 e. The first-order chi connectivity index (χ1) is 28.7. The Morgan fingerprint density at radius 3 is 2.49 bits per heavy atom. The molecule has 2 aliphatic heterocycles. The Bertz CT molecular complexity index is 2200. The van der Waals surface area contributed by atoms with Crippen molar-refractivity contribution in [1.29, 1.82) is 0 Å². The third-order valence-corrected chi connectivity index (χ3v) is 12.0. The van der Waals surface area contributed by atoms with Gasteiger partial charge in [0.2, 0.25) is 11.8 Å². The first-order valence-electron chi connectivity index (χ1n) is 20.7. The molecule has 3 fully saturated rings. The second-order valence-electron chi connectivity index (χ2n) is 18.5. The summed E-state index contributed by atoms with van der Waals surface area (Å²) in [6.07, 6.45) is 1.71. The van der Waals surface area contributed by atoms with Gasteiger partial charge in [-0.2, -0.15) is 0 Å². The van der Waals surface area contributed by atoms with Crippen molar-refractivity contribution in [1.82, 2.24) is 25.1 Å². The number of amides is 4. The summed E-state index contributed by atoms with van der Waals surface area (Å²) in [6, 6.07) is 2.92. The molecule has 4 heterocycles. The number of aromatic nitrogens is 2. The van der Waals surface area contributed by atoms with Gasteiger partial charge in [0.05, 0.1) is 37.0 Å². The number of benzene rings is 1. The lowest BCUT2D eigenvalue weighted by Gasteiger charge is -2.36. The summed E-state index contributed by atoms with van der Waals surface area (Å²) in [5, 5.41) is 9.44. The van der Waals surface area contributed by atoms with Gasteiger partial charge in [-0.3, -0.25) is 14.5 Å². The van der Waals surface area contributed by atoms with Gasteiger partial charge >= 0.3 is 12.2 Å². The van der Waals surface area contributed by atoms with E-state index in [0.29, 0.717) is 58.0 Å². The second kappa shape index (κ2) is 17.5. The Hall–Kier alpha value is -4.87. The van der Waals surface area contributed by atoms with Crippen LogP contribution >= 0.6 is 22.9 Å². The number of allylic oxidation sites excluding steroid dienone is 1. The normalized spacial score (nSPS) is 23.0. The van der Waals surface area contributed by atoms with Crippen molar-refractivity contribution in [2.24, 2.45) is 17.1 Å². The van der Waals surface area contributed by atoms with Crippen LogP contribution in [0.2, 0.25) is 5.02 Å². The summed E-state index contributed by atoms with van der Waals surface area (Å²) in [6.45, 7) is 16.0. The molecule has 18 heteroatoms. The Labute approximate surface area is 364 Å². The molecule has 0 spiro atoms. The molecule has 4 N–H and O–H groups in total. The number of morpholine rings is 1. The molecule has 2 aliphatic carbocycles. The molecule has 2 aromatic heterocycles. The fourth-order valence-corrected chi connectivity index (χ4v) is 8.92. The molecule has 2 saturated heterocycles. The average Bonchev–Trinajstić information content (AvgIpc) is 3.48. The summed E-state index contributed by atoms with van der Waals surface area (Å²) in [5.41, 5.74) is 7.22. The average molecular weight is 882 g/mol. The molecule has 6 atom stereocenters. The minimum absolute atomic E-state index is 0.0109. The Morgan fingerprint density at radius 1 is 1.05 bits per heavy atom. The number of pyridine rings is 1. The second-order valence-corrected chi connectivity index (χ2v) is 19.7. The van der Waals surface area contributed by atoms with E-state index in [1.54, 1.807) is 23.1 Å². The molecular formula is C43H56ClN7O9S. The smallest absolute Gasteiger partial charge is 0.410 e. The molecule has 1 unspecified atom stereocenters. The number of alkyl carbamates (subject to hydrolysis) is 1. The van der Waals surface area contributed by atoms with Crippen LogP contribution in [0.1, 0.15) is 74.7 Å². The number of ether oxygens (including phenoxy) is 5. The van der Waals surface area contributed by atoms with Crippen molar-refractivity contribution in [3.05, 3.63) is 40.3 Å². The zero-order valence-electron chi connectivity index (χ0n) is 35.9. The van der Waals surface area contributed by atoms with Crippen LogP contribution < -0.4 is 25.8 Å². The molecule has 4 amide bonds. The summed E-state index contributed by atoms with van der Waals surface area (Å²) in [7, 11) is 0. The number of nitrogens with two attached hydrogens (primary N) is 1. The number of nitrogens with one attached hydrogen (secondary N) is 2. The van der Waals surface area contributed by atoms with E-state index in [-0.39, 0.29) is 43.3 Å². The number of carbonyl (C=O) groups excluding carboxylic acids is 4. The molecule has 7 rings (SSSR count). The summed E-state index contributed by atoms with van der Waals surface area (Å²) in [5.74, 6) is 0.0252. The van der Waals surface area contributed by atoms with Gasteiger partial charge in [-0.1, -0.05) is 37.9 Å². The molecule has 0 bridgehead atoms. The highest BCUT2D eigenvalue weighted by Crippen LogP contribution is 2.47. The SMILES string of the molecule is CC(C)Nc1nc(-c2cc(OC3C[C@@H](C(N)=O)N(C(=O)[C@@H](NC(=O)O[C@@H]4C=C5C[C@@H]5C4)C(C)(C)C)C3)c3ccc(OC[C@H]4COCCN4C(=O)OC(C)(C)C)c(Cl)c3n2)cs1. The van der Waals surface area contributed by atoms with Crippen LogP contribution in [-0.4, -0.2) is 119 Å². The van der Waals surface area contributed by atoms with Gasteiger partial charge < -0.3 is 45.0 Å². The Morgan fingerprint density at radius 2 is 1.82 bits per heavy atom. The number of rotatable bonds is 12. The molecular weight excluding hydrogens is 826 g/mol. The monoisotopic (exact) mass is 881 g/mol. The van der Waals surface area contributed by atoms with E-state index in [1.165, 1.54) is 21.8 Å². The van der Waals surface area contributed by atoms with Crippen molar-refractivity contribution in [3.8, 4) is 22.9 Å². The van der Waals surface area contributed by atoms with Crippen LogP contribution in [0.4, 0.5) is 14.7 Å². The lowest BCUT2D eigenvalue weighted by molar-refractivity contribution is -0.141. The zero-order valence-corrected chi connectivity index (χ0v) is 37.5. The fraction of sp³-hybridized carbons (Fsp3) is 0.581. The van der Waals surface area contributed by atoms with Crippen LogP contribution in [-0.2, 0) is 23.8 Å². The highest BCUT2D eigenvalue weighted by Gasteiger charge is 2.46. The number of halogens is 1. The lowest BCUT2D eigenvalue weighted by atomic mass is 9.85. The molecule has 1 aromatic carbocycles. The highest BCUT2D eigenvalue weighted by atomic mass is 35.5. The minimum Gasteiger partial charge on any atom is -0.490 e. The van der Waals surface area contributed by atoms with E-state index in [9.17, 15) is 19.2 Å². The maximum Gasteiger partial charge on any atom is 0.410 e. The third kappa shape index (κ3) is 10.4. The van der Waals surface area contributed by atoms with Crippen LogP contribution in [0, 0.1) is 11.3 Å². The van der Waals surface area contributed by atoms with Crippen LogP contribution in [0.5, 0.6) is 11.5 Å². The van der Waals surface area contributed by atoms with E-state index >= 15 is 0 Å². The standard InChI is InChI=1S/C43H56ClN7O9S/c1-22(2)46-39-48-30(21-61-39)29-17-33(28-9-10-32(34(44)35(28)47-29)57-20-25-19-56-12-11-50(25)41(55)60-43(6,7)8)58-27-16-31(37(45)52)51(18-27)38(53)36(42(3,4)5)49-40(54)59-26-14-23-13-24(23)15-26/h9-10,14,17,21-22,24-27,31,36H,11-13,15-16,18-20H2,1-8H3,(H2,45,52)(H,46,48)(H,49,54)/t24-,25-,26-,27?,31+,36-/m1/s1. The number of fused-ring (bicyclic) bond motifs is 2. The van der Waals surface area contributed by atoms with Crippen molar-refractivity contribution < 1.29 is 42.9 Å². The number of carbonyl (C=O) groups is 4. The van der Waals surface area contributed by atoms with E-state index in [2.05, 4.69) is 10.6 Å². The summed E-state index contributed by atoms with van der Waals surface area (Å²) >= 11 is 8.53. The van der Waals surface area contributed by atoms with Gasteiger partial charge in [0, 0.05) is 35.8 Å². The summed E-state index contributed by atoms with van der Waals surface area (Å²) < 4.78 is 29.9. The maximum absolute atomic E-state index is 14.3. The number of likely N-dealkylation sites (tertiary alicyclic amines) is 1. The van der Waals surface area contributed by atoms with Gasteiger partial charge in [-0.15, -0.1) is 11.3 Å². The Kier molecular flexibility index (Phi) is 12.7. The van der Waals surface area contributed by atoms with Gasteiger partial charge in [-0.25, -0.2) is 19.6 Å². The zero-order chi connectivity index (χ0) is 44.0. The Balaban J connectivity index is 1.15. The molecule has 3 aromatic rings. The molecule has 16 nitrogen and oxygen atoms in total. The van der Waals surface area contributed by atoms with Crippen LogP contribution in [0.3, 0.4) is 0 Å². The minimum atomic E-state index is -1.02. The van der Waals surface area contributed by atoms with Gasteiger partial charge in [-0.05, 0) is 77.0 Å². The first kappa shape index (κ1) is 44.2. The first-order valence-corrected chi connectivity index (χ1v) is 22.0. The van der Waals surface area contributed by atoms with Crippen molar-refractivity contribution in [2.75, 3.05) is 38.2 Å². The number of hydrogen-bond acceptors (Lipinski definition) is 13. The van der Waals surface area contributed by atoms with Crippen molar-refractivity contribution in [3.63, 3.8) is 0 Å². The van der Waals surface area contributed by atoms with E-state index in [0.717, 1.165) is 12.8 Å². The van der Waals surface area contributed by atoms with Crippen LogP contribution in [0.15, 0.2) is 35.2 Å². The molecule has 1 saturated carbocycles. The van der Waals surface area contributed by atoms with E-state index in [4.69, 9.17) is 51.0 Å². The lowest BCUT2D eigenvalue weighted by Crippen LogP contribution is -2.57. The van der Waals surface area contributed by atoms with Gasteiger partial charge in [0.1, 0.15) is 58.7 Å². The number of primary amides is 1. The molecule has 4 aliphatic rings. The number of hydrogen-bond donors (Lipinski definition) is 3. The fourth-order valence-electron chi connectivity index (χ4n) is 7.81. The molecule has 330 valence electrons. The van der Waals surface area contributed by atoms with E-state index in [1.807, 2.05) is 66.8 Å². The van der Waals surface area contributed by atoms with E-state index < -0.39 is 59.2 Å². The topological polar surface area (TPSA) is 197 Å². The van der Waals surface area contributed by atoms with Crippen molar-refractivity contribution in [2.45, 2.75) is 117 Å². The maximum atomic E-state index is 14.3. The number of anilines is 1. The van der Waals surface area contributed by atoms with Gasteiger partial charge in [0.15, 0.2) is 5.13 Å². The predicted octanol–water partition coefficient (Wildman–Crippen LogP) is 6.54. The highest BCUT2D eigenvalue weighted by molar-refractivity contribution is 7.14. The summed E-state index contributed by atoms with van der Waals surface area (Å²) in [4.78, 5) is 66.1.